The summed E-state index contributed by atoms with van der Waals surface area (Å²) in [5, 5.41) is 4.33. The molecule has 96 valence electrons. The highest BCUT2D eigenvalue weighted by Gasteiger charge is 2.24. The van der Waals surface area contributed by atoms with Gasteiger partial charge in [0.15, 0.2) is 5.13 Å². The Morgan fingerprint density at radius 2 is 2.12 bits per heavy atom. The van der Waals surface area contributed by atoms with Gasteiger partial charge in [-0.3, -0.25) is 4.90 Å². The van der Waals surface area contributed by atoms with Crippen molar-refractivity contribution in [2.75, 3.05) is 11.9 Å². The zero-order valence-corrected chi connectivity index (χ0v) is 11.9. The number of thiazole rings is 1. The van der Waals surface area contributed by atoms with E-state index < -0.39 is 0 Å². The lowest BCUT2D eigenvalue weighted by molar-refractivity contribution is 0.0964. The third kappa shape index (κ3) is 3.19. The first kappa shape index (κ1) is 12.8. The van der Waals surface area contributed by atoms with Crippen molar-refractivity contribution < 1.29 is 0 Å². The van der Waals surface area contributed by atoms with Gasteiger partial charge in [0.25, 0.3) is 0 Å². The molecule has 0 bridgehead atoms. The van der Waals surface area contributed by atoms with Crippen molar-refractivity contribution in [1.82, 2.24) is 9.88 Å². The van der Waals surface area contributed by atoms with Gasteiger partial charge in [-0.25, -0.2) is 4.98 Å². The maximum atomic E-state index is 4.40. The third-order valence-corrected chi connectivity index (χ3v) is 4.54. The van der Waals surface area contributed by atoms with Crippen LogP contribution in [0.2, 0.25) is 0 Å². The van der Waals surface area contributed by atoms with Crippen molar-refractivity contribution in [3.63, 3.8) is 0 Å². The molecule has 1 N–H and O–H groups in total. The van der Waals surface area contributed by atoms with Gasteiger partial charge < -0.3 is 5.32 Å². The molecule has 2 rings (SSSR count). The van der Waals surface area contributed by atoms with Crippen LogP contribution in [-0.4, -0.2) is 28.5 Å². The van der Waals surface area contributed by atoms with E-state index in [0.29, 0.717) is 12.1 Å². The van der Waals surface area contributed by atoms with Crippen LogP contribution in [0.25, 0.3) is 0 Å². The fourth-order valence-corrected chi connectivity index (χ4v) is 3.47. The van der Waals surface area contributed by atoms with E-state index in [1.54, 1.807) is 11.3 Å². The highest BCUT2D eigenvalue weighted by molar-refractivity contribution is 7.15. The maximum Gasteiger partial charge on any atom is 0.182 e. The molecule has 2 atom stereocenters. The van der Waals surface area contributed by atoms with Gasteiger partial charge in [-0.2, -0.15) is 0 Å². The van der Waals surface area contributed by atoms with Gasteiger partial charge in [-0.15, -0.1) is 11.3 Å². The Hall–Kier alpha value is -0.610. The van der Waals surface area contributed by atoms with E-state index >= 15 is 0 Å². The normalized spacial score (nSPS) is 26.1. The summed E-state index contributed by atoms with van der Waals surface area (Å²) in [5.41, 5.74) is 0. The highest BCUT2D eigenvalue weighted by atomic mass is 32.1. The Labute approximate surface area is 108 Å². The number of piperidine rings is 1. The number of hydrogen-bond donors (Lipinski definition) is 1. The third-order valence-electron chi connectivity index (χ3n) is 3.60. The van der Waals surface area contributed by atoms with Crippen molar-refractivity contribution in [3.8, 4) is 0 Å². The Kier molecular flexibility index (Phi) is 4.40. The van der Waals surface area contributed by atoms with Crippen LogP contribution < -0.4 is 5.32 Å². The molecule has 1 saturated heterocycles. The molecular formula is C13H23N3S. The molecule has 1 aliphatic rings. The van der Waals surface area contributed by atoms with E-state index in [2.05, 4.69) is 36.0 Å². The van der Waals surface area contributed by atoms with Gasteiger partial charge >= 0.3 is 0 Å². The Bertz CT molecular complexity index is 340. The minimum Gasteiger partial charge on any atom is -0.362 e. The molecule has 1 aliphatic heterocycles. The number of hydrogen-bond acceptors (Lipinski definition) is 4. The van der Waals surface area contributed by atoms with Crippen LogP contribution in [-0.2, 0) is 6.54 Å². The summed E-state index contributed by atoms with van der Waals surface area (Å²) in [7, 11) is 0. The summed E-state index contributed by atoms with van der Waals surface area (Å²) < 4.78 is 0. The van der Waals surface area contributed by atoms with Gasteiger partial charge in [0, 0.05) is 36.2 Å². The SMILES string of the molecule is CCNc1ncc(CN2[C@H](C)CCC[C@@H]2C)s1. The number of nitrogens with zero attached hydrogens (tertiary/aromatic N) is 2. The lowest BCUT2D eigenvalue weighted by Crippen LogP contribution is -2.42. The topological polar surface area (TPSA) is 28.2 Å². The minimum atomic E-state index is 0.712. The molecule has 0 radical (unpaired) electrons. The summed E-state index contributed by atoms with van der Waals surface area (Å²) in [5.74, 6) is 0. The van der Waals surface area contributed by atoms with Crippen LogP contribution in [0.15, 0.2) is 6.20 Å². The van der Waals surface area contributed by atoms with E-state index in [-0.39, 0.29) is 0 Å². The van der Waals surface area contributed by atoms with Crippen molar-refractivity contribution in [2.45, 2.75) is 58.7 Å². The zero-order chi connectivity index (χ0) is 12.3. The fraction of sp³-hybridized carbons (Fsp3) is 0.769. The molecule has 0 spiro atoms. The predicted molar refractivity (Wildman–Crippen MR) is 74.6 cm³/mol. The first-order valence-electron chi connectivity index (χ1n) is 6.65. The number of nitrogens with one attached hydrogen (secondary N) is 1. The fourth-order valence-electron chi connectivity index (χ4n) is 2.58. The van der Waals surface area contributed by atoms with Crippen LogP contribution in [0, 0.1) is 0 Å². The molecule has 0 aliphatic carbocycles. The smallest absolute Gasteiger partial charge is 0.182 e. The molecule has 1 fully saturated rings. The molecule has 1 aromatic rings. The number of likely N-dealkylation sites (tertiary alicyclic amines) is 1. The lowest BCUT2D eigenvalue weighted by atomic mass is 9.97. The second kappa shape index (κ2) is 5.83. The Morgan fingerprint density at radius 1 is 1.41 bits per heavy atom. The van der Waals surface area contributed by atoms with Crippen LogP contribution >= 0.6 is 11.3 Å². The molecule has 0 amide bonds. The predicted octanol–water partition coefficient (Wildman–Crippen LogP) is 3.34. The van der Waals surface area contributed by atoms with Crippen LogP contribution in [0.5, 0.6) is 0 Å². The second-order valence-corrected chi connectivity index (χ2v) is 6.08. The molecule has 0 saturated carbocycles. The number of anilines is 1. The number of aromatic nitrogens is 1. The van der Waals surface area contributed by atoms with Gasteiger partial charge in [0.2, 0.25) is 0 Å². The largest absolute Gasteiger partial charge is 0.362 e. The van der Waals surface area contributed by atoms with E-state index in [1.165, 1.54) is 24.1 Å². The zero-order valence-electron chi connectivity index (χ0n) is 11.1. The monoisotopic (exact) mass is 253 g/mol. The minimum absolute atomic E-state index is 0.712. The Balaban J connectivity index is 1.98. The summed E-state index contributed by atoms with van der Waals surface area (Å²) in [6.45, 7) is 8.81. The molecule has 4 heteroatoms. The highest BCUT2D eigenvalue weighted by Crippen LogP contribution is 2.27. The molecule has 2 heterocycles. The molecular weight excluding hydrogens is 230 g/mol. The van der Waals surface area contributed by atoms with Crippen molar-refractivity contribution in [1.29, 1.82) is 0 Å². The molecule has 17 heavy (non-hydrogen) atoms. The lowest BCUT2D eigenvalue weighted by Gasteiger charge is -2.38. The van der Waals surface area contributed by atoms with Gasteiger partial charge in [-0.05, 0) is 33.6 Å². The van der Waals surface area contributed by atoms with Gasteiger partial charge in [-0.1, -0.05) is 6.42 Å². The Morgan fingerprint density at radius 3 is 2.76 bits per heavy atom. The van der Waals surface area contributed by atoms with Crippen LogP contribution in [0.1, 0.15) is 44.9 Å². The van der Waals surface area contributed by atoms with Crippen LogP contribution in [0.3, 0.4) is 0 Å². The van der Waals surface area contributed by atoms with Crippen LogP contribution in [0.4, 0.5) is 5.13 Å². The second-order valence-electron chi connectivity index (χ2n) is 4.96. The standard InChI is InChI=1S/C13H23N3S/c1-4-14-13-15-8-12(17-13)9-16-10(2)6-5-7-11(16)3/h8,10-11H,4-7,9H2,1-3H3,(H,14,15)/t10-,11+. The molecule has 0 unspecified atom stereocenters. The van der Waals surface area contributed by atoms with Crippen molar-refractivity contribution in [3.05, 3.63) is 11.1 Å². The van der Waals surface area contributed by atoms with E-state index in [0.717, 1.165) is 18.2 Å². The average molecular weight is 253 g/mol. The summed E-state index contributed by atoms with van der Waals surface area (Å²) >= 11 is 1.79. The summed E-state index contributed by atoms with van der Waals surface area (Å²) in [4.78, 5) is 8.40. The first-order chi connectivity index (χ1) is 8.20. The maximum absolute atomic E-state index is 4.40. The van der Waals surface area contributed by atoms with E-state index in [1.807, 2.05) is 6.20 Å². The van der Waals surface area contributed by atoms with E-state index in [4.69, 9.17) is 0 Å². The van der Waals surface area contributed by atoms with Crippen molar-refractivity contribution >= 4 is 16.5 Å². The first-order valence-corrected chi connectivity index (χ1v) is 7.46. The molecule has 0 aromatic carbocycles. The summed E-state index contributed by atoms with van der Waals surface area (Å²) in [6, 6.07) is 1.42. The van der Waals surface area contributed by atoms with Crippen molar-refractivity contribution in [2.24, 2.45) is 0 Å². The summed E-state index contributed by atoms with van der Waals surface area (Å²) in [6.07, 6.45) is 6.08. The van der Waals surface area contributed by atoms with Gasteiger partial charge in [0.05, 0.1) is 0 Å². The average Bonchev–Trinajstić information content (AvgIpc) is 2.72. The molecule has 3 nitrogen and oxygen atoms in total. The number of rotatable bonds is 4. The van der Waals surface area contributed by atoms with E-state index in [9.17, 15) is 0 Å². The quantitative estimate of drug-likeness (QED) is 0.892. The van der Waals surface area contributed by atoms with Gasteiger partial charge in [0.1, 0.15) is 0 Å². The molecule has 1 aromatic heterocycles.